The maximum Gasteiger partial charge on any atom is 0.231 e. The number of carbonyl (C=O) groups is 1. The van der Waals surface area contributed by atoms with Gasteiger partial charge in [-0.3, -0.25) is 9.69 Å². The molecule has 180 valence electrons. The molecule has 0 saturated carbocycles. The summed E-state index contributed by atoms with van der Waals surface area (Å²) in [7, 11) is 1.67. The summed E-state index contributed by atoms with van der Waals surface area (Å²) in [6.07, 6.45) is 0.310. The normalized spacial score (nSPS) is 15.6. The van der Waals surface area contributed by atoms with Crippen molar-refractivity contribution in [1.29, 1.82) is 0 Å². The Balaban J connectivity index is 1.32. The van der Waals surface area contributed by atoms with Crippen LogP contribution >= 0.6 is 0 Å². The van der Waals surface area contributed by atoms with E-state index >= 15 is 0 Å². The first kappa shape index (κ1) is 22.6. The molecule has 5 rings (SSSR count). The van der Waals surface area contributed by atoms with E-state index in [-0.39, 0.29) is 12.7 Å². The van der Waals surface area contributed by atoms with Gasteiger partial charge in [-0.15, -0.1) is 0 Å². The van der Waals surface area contributed by atoms with Crippen LogP contribution in [-0.4, -0.2) is 62.1 Å². The van der Waals surface area contributed by atoms with Crippen LogP contribution in [0.3, 0.4) is 0 Å². The number of amides is 1. The van der Waals surface area contributed by atoms with Gasteiger partial charge < -0.3 is 28.8 Å². The van der Waals surface area contributed by atoms with Crippen LogP contribution in [-0.2, 0) is 29.0 Å². The lowest BCUT2D eigenvalue weighted by Gasteiger charge is -2.27. The minimum absolute atomic E-state index is 0.0178. The second-order valence-corrected chi connectivity index (χ2v) is 8.69. The molecule has 1 fully saturated rings. The Bertz CT molecular complexity index is 1180. The monoisotopic (exact) mass is 465 g/mol. The van der Waals surface area contributed by atoms with Crippen molar-refractivity contribution in [3.05, 3.63) is 53.2 Å². The van der Waals surface area contributed by atoms with Gasteiger partial charge in [0.1, 0.15) is 5.75 Å². The Morgan fingerprint density at radius 1 is 1.06 bits per heavy atom. The van der Waals surface area contributed by atoms with Crippen molar-refractivity contribution in [2.24, 2.45) is 0 Å². The molecule has 0 radical (unpaired) electrons. The summed E-state index contributed by atoms with van der Waals surface area (Å²) in [6.45, 7) is 8.10. The quantitative estimate of drug-likeness (QED) is 0.552. The Hall–Kier alpha value is -3.23. The van der Waals surface area contributed by atoms with Crippen LogP contribution in [0.5, 0.6) is 17.2 Å². The molecule has 0 atom stereocenters. The van der Waals surface area contributed by atoms with E-state index in [4.69, 9.17) is 18.9 Å². The van der Waals surface area contributed by atoms with Crippen molar-refractivity contribution >= 4 is 16.8 Å². The minimum atomic E-state index is -0.0178. The van der Waals surface area contributed by atoms with Gasteiger partial charge in [0.05, 0.1) is 26.7 Å². The van der Waals surface area contributed by atoms with Crippen molar-refractivity contribution in [1.82, 2.24) is 14.8 Å². The highest BCUT2D eigenvalue weighted by Gasteiger charge is 2.19. The zero-order chi connectivity index (χ0) is 23.5. The highest BCUT2D eigenvalue weighted by atomic mass is 16.7. The van der Waals surface area contributed by atoms with Gasteiger partial charge in [0.2, 0.25) is 12.7 Å². The van der Waals surface area contributed by atoms with Crippen LogP contribution in [0.25, 0.3) is 10.9 Å². The Kier molecular flexibility index (Phi) is 6.60. The Morgan fingerprint density at radius 3 is 2.71 bits per heavy atom. The number of methoxy groups -OCH3 is 1. The van der Waals surface area contributed by atoms with Gasteiger partial charge in [0, 0.05) is 49.3 Å². The molecule has 2 aliphatic rings. The fourth-order valence-corrected chi connectivity index (χ4v) is 4.71. The van der Waals surface area contributed by atoms with Crippen LogP contribution in [0.2, 0.25) is 0 Å². The zero-order valence-corrected chi connectivity index (χ0v) is 19.8. The fourth-order valence-electron chi connectivity index (χ4n) is 4.71. The van der Waals surface area contributed by atoms with Gasteiger partial charge in [-0.1, -0.05) is 6.07 Å². The predicted molar refractivity (Wildman–Crippen MR) is 129 cm³/mol. The molecule has 8 heteroatoms. The van der Waals surface area contributed by atoms with Gasteiger partial charge in [0.15, 0.2) is 11.5 Å². The number of nitrogens with one attached hydrogen (secondary N) is 1. The lowest BCUT2D eigenvalue weighted by Crippen LogP contribution is -2.38. The molecule has 0 unspecified atom stereocenters. The van der Waals surface area contributed by atoms with E-state index in [2.05, 4.69) is 27.8 Å². The van der Waals surface area contributed by atoms with Crippen molar-refractivity contribution in [2.75, 3.05) is 46.8 Å². The summed E-state index contributed by atoms with van der Waals surface area (Å²) in [5.41, 5.74) is 4.27. The largest absolute Gasteiger partial charge is 0.497 e. The van der Waals surface area contributed by atoms with Gasteiger partial charge in [-0.2, -0.15) is 0 Å². The standard InChI is InChI=1S/C26H31N3O5/c1-18-21(15-26(30)27-16-19-3-6-24-25(13-19)34-17-33-24)22-14-20(31-2)4-5-23(22)29(18)8-7-28-9-11-32-12-10-28/h3-6,13-14H,7-12,15-17H2,1-2H3,(H,27,30). The second-order valence-electron chi connectivity index (χ2n) is 8.69. The fraction of sp³-hybridized carbons (Fsp3) is 0.423. The van der Waals surface area contributed by atoms with Crippen LogP contribution in [0.1, 0.15) is 16.8 Å². The summed E-state index contributed by atoms with van der Waals surface area (Å²) in [5, 5.41) is 4.12. The van der Waals surface area contributed by atoms with E-state index in [0.29, 0.717) is 13.0 Å². The number of benzene rings is 2. The first-order valence-electron chi connectivity index (χ1n) is 11.7. The van der Waals surface area contributed by atoms with Gasteiger partial charge >= 0.3 is 0 Å². The average Bonchev–Trinajstić information content (AvgIpc) is 3.44. The van der Waals surface area contributed by atoms with E-state index in [0.717, 1.165) is 84.4 Å². The topological polar surface area (TPSA) is 74.2 Å². The number of morpholine rings is 1. The number of rotatable bonds is 8. The van der Waals surface area contributed by atoms with Gasteiger partial charge in [-0.25, -0.2) is 0 Å². The molecule has 1 aromatic heterocycles. The van der Waals surface area contributed by atoms with Crippen molar-refractivity contribution in [2.45, 2.75) is 26.4 Å². The predicted octanol–water partition coefficient (Wildman–Crippen LogP) is 2.88. The van der Waals surface area contributed by atoms with E-state index in [1.165, 1.54) is 0 Å². The van der Waals surface area contributed by atoms with Crippen molar-refractivity contribution in [3.8, 4) is 17.2 Å². The number of carbonyl (C=O) groups excluding carboxylic acids is 1. The van der Waals surface area contributed by atoms with E-state index in [1.807, 2.05) is 30.3 Å². The molecule has 0 spiro atoms. The summed E-state index contributed by atoms with van der Waals surface area (Å²) < 4.78 is 24.1. The molecular weight excluding hydrogens is 434 g/mol. The summed E-state index contributed by atoms with van der Waals surface area (Å²) in [5.74, 6) is 2.23. The van der Waals surface area contributed by atoms with Gasteiger partial charge in [0.25, 0.3) is 0 Å². The summed E-state index contributed by atoms with van der Waals surface area (Å²) >= 11 is 0. The lowest BCUT2D eigenvalue weighted by molar-refractivity contribution is -0.120. The molecule has 1 saturated heterocycles. The molecule has 0 bridgehead atoms. The number of fused-ring (bicyclic) bond motifs is 2. The SMILES string of the molecule is COc1ccc2c(c1)c(CC(=O)NCc1ccc3c(c1)OCO3)c(C)n2CCN1CCOCC1. The number of hydrogen-bond acceptors (Lipinski definition) is 6. The number of nitrogens with zero attached hydrogens (tertiary/aromatic N) is 2. The smallest absolute Gasteiger partial charge is 0.231 e. The third-order valence-corrected chi connectivity index (χ3v) is 6.67. The van der Waals surface area contributed by atoms with E-state index in [1.54, 1.807) is 7.11 Å². The first-order chi connectivity index (χ1) is 16.6. The molecule has 34 heavy (non-hydrogen) atoms. The molecular formula is C26H31N3O5. The zero-order valence-electron chi connectivity index (χ0n) is 19.8. The number of hydrogen-bond donors (Lipinski definition) is 1. The molecule has 8 nitrogen and oxygen atoms in total. The van der Waals surface area contributed by atoms with Gasteiger partial charge in [-0.05, 0) is 48.4 Å². The van der Waals surface area contributed by atoms with Crippen molar-refractivity contribution < 1.29 is 23.7 Å². The van der Waals surface area contributed by atoms with Crippen LogP contribution in [0.15, 0.2) is 36.4 Å². The molecule has 0 aliphatic carbocycles. The molecule has 2 aromatic carbocycles. The molecule has 3 aromatic rings. The van der Waals surface area contributed by atoms with Crippen LogP contribution in [0, 0.1) is 6.92 Å². The maximum atomic E-state index is 13.0. The number of ether oxygens (including phenoxy) is 4. The molecule has 1 N–H and O–H groups in total. The Morgan fingerprint density at radius 2 is 1.88 bits per heavy atom. The Labute approximate surface area is 199 Å². The lowest BCUT2D eigenvalue weighted by atomic mass is 10.1. The number of aromatic nitrogens is 1. The first-order valence-corrected chi connectivity index (χ1v) is 11.7. The molecule has 1 amide bonds. The molecule has 3 heterocycles. The third kappa shape index (κ3) is 4.69. The van der Waals surface area contributed by atoms with E-state index in [9.17, 15) is 4.79 Å². The second kappa shape index (κ2) is 9.95. The highest BCUT2D eigenvalue weighted by Crippen LogP contribution is 2.33. The van der Waals surface area contributed by atoms with Crippen LogP contribution < -0.4 is 19.5 Å². The molecule has 2 aliphatic heterocycles. The van der Waals surface area contributed by atoms with E-state index < -0.39 is 0 Å². The van der Waals surface area contributed by atoms with Crippen molar-refractivity contribution in [3.63, 3.8) is 0 Å². The van der Waals surface area contributed by atoms with Crippen LogP contribution in [0.4, 0.5) is 0 Å². The average molecular weight is 466 g/mol. The minimum Gasteiger partial charge on any atom is -0.497 e. The maximum absolute atomic E-state index is 13.0. The summed E-state index contributed by atoms with van der Waals surface area (Å²) in [6, 6.07) is 11.8. The summed E-state index contributed by atoms with van der Waals surface area (Å²) in [4.78, 5) is 15.4. The highest BCUT2D eigenvalue weighted by molar-refractivity contribution is 5.91. The third-order valence-electron chi connectivity index (χ3n) is 6.67.